The number of nitrogens with one attached hydrogen (secondary N) is 1. The lowest BCUT2D eigenvalue weighted by Crippen LogP contribution is -2.14. The van der Waals surface area contributed by atoms with Crippen LogP contribution in [-0.4, -0.2) is 13.1 Å². The average molecular weight is 275 g/mol. The summed E-state index contributed by atoms with van der Waals surface area (Å²) in [5, 5.41) is 3.41. The minimum absolute atomic E-state index is 0.646. The Kier molecular flexibility index (Phi) is 13.6. The number of allylic oxidation sites excluding steroid dienone is 6. The lowest BCUT2D eigenvalue weighted by molar-refractivity contribution is 0.631. The lowest BCUT2D eigenvalue weighted by atomic mass is 9.95. The van der Waals surface area contributed by atoms with Crippen molar-refractivity contribution in [2.24, 2.45) is 5.92 Å². The van der Waals surface area contributed by atoms with Gasteiger partial charge in [0.1, 0.15) is 0 Å². The number of unbranched alkanes of at least 4 members (excludes halogenated alkanes) is 1. The first-order chi connectivity index (χ1) is 9.76. The van der Waals surface area contributed by atoms with Crippen LogP contribution in [0.15, 0.2) is 48.6 Å². The summed E-state index contributed by atoms with van der Waals surface area (Å²) in [6.45, 7) is 12.4. The van der Waals surface area contributed by atoms with Gasteiger partial charge in [-0.1, -0.05) is 50.3 Å². The van der Waals surface area contributed by atoms with E-state index in [9.17, 15) is 0 Å². The van der Waals surface area contributed by atoms with Crippen molar-refractivity contribution >= 4 is 0 Å². The highest BCUT2D eigenvalue weighted by Crippen LogP contribution is 2.18. The number of hydrogen-bond acceptors (Lipinski definition) is 1. The normalized spacial score (nSPS) is 14.2. The van der Waals surface area contributed by atoms with Gasteiger partial charge in [-0.25, -0.2) is 0 Å². The van der Waals surface area contributed by atoms with E-state index in [0.717, 1.165) is 32.4 Å². The monoisotopic (exact) mass is 275 g/mol. The Hall–Kier alpha value is -1.08. The van der Waals surface area contributed by atoms with E-state index in [0.29, 0.717) is 5.92 Å². The fourth-order valence-corrected chi connectivity index (χ4v) is 2.07. The maximum atomic E-state index is 3.72. The fraction of sp³-hybridized carbons (Fsp3) is 0.579. The molecule has 0 aromatic heterocycles. The molecule has 1 heteroatoms. The van der Waals surface area contributed by atoms with Crippen LogP contribution in [0.2, 0.25) is 0 Å². The molecule has 1 N–H and O–H groups in total. The van der Waals surface area contributed by atoms with Crippen LogP contribution in [0, 0.1) is 5.92 Å². The standard InChI is InChI=1S/C19H33N/c1-5-8-12-16-20-17-13-10-11-14-18(4)19(7-3)15-9-6-2/h5,7,9-10,13,15,18,20H,1,6,8,11-12,14,16-17H2,2-4H3/b13-10-,15-9-,19-7+. The van der Waals surface area contributed by atoms with Gasteiger partial charge in [0, 0.05) is 6.54 Å². The van der Waals surface area contributed by atoms with Gasteiger partial charge in [0.05, 0.1) is 0 Å². The summed E-state index contributed by atoms with van der Waals surface area (Å²) in [5.41, 5.74) is 1.46. The van der Waals surface area contributed by atoms with E-state index in [1.54, 1.807) is 0 Å². The second kappa shape index (κ2) is 14.3. The molecule has 1 unspecified atom stereocenters. The fourth-order valence-electron chi connectivity index (χ4n) is 2.07. The summed E-state index contributed by atoms with van der Waals surface area (Å²) in [4.78, 5) is 0. The van der Waals surface area contributed by atoms with Gasteiger partial charge in [0.25, 0.3) is 0 Å². The van der Waals surface area contributed by atoms with Gasteiger partial charge >= 0.3 is 0 Å². The molecule has 1 nitrogen and oxygen atoms in total. The van der Waals surface area contributed by atoms with Crippen molar-refractivity contribution in [3.63, 3.8) is 0 Å². The Labute approximate surface area is 126 Å². The molecule has 0 saturated carbocycles. The maximum absolute atomic E-state index is 3.72. The highest BCUT2D eigenvalue weighted by Gasteiger charge is 2.03. The Morgan fingerprint density at radius 1 is 1.20 bits per heavy atom. The van der Waals surface area contributed by atoms with Crippen LogP contribution in [0.4, 0.5) is 0 Å². The predicted octanol–water partition coefficient (Wildman–Crippen LogP) is 5.43. The zero-order valence-corrected chi connectivity index (χ0v) is 13.7. The van der Waals surface area contributed by atoms with Crippen molar-refractivity contribution in [1.82, 2.24) is 5.32 Å². The van der Waals surface area contributed by atoms with Gasteiger partial charge in [-0.2, -0.15) is 0 Å². The quantitative estimate of drug-likeness (QED) is 0.284. The zero-order chi connectivity index (χ0) is 15.1. The summed E-state index contributed by atoms with van der Waals surface area (Å²) in [6, 6.07) is 0. The predicted molar refractivity (Wildman–Crippen MR) is 93.0 cm³/mol. The first-order valence-electron chi connectivity index (χ1n) is 8.05. The summed E-state index contributed by atoms with van der Waals surface area (Å²) in [7, 11) is 0. The molecular weight excluding hydrogens is 242 g/mol. The topological polar surface area (TPSA) is 12.0 Å². The molecule has 1 atom stereocenters. The molecular formula is C19H33N. The molecule has 0 aliphatic carbocycles. The van der Waals surface area contributed by atoms with E-state index in [2.05, 4.69) is 63.0 Å². The molecule has 0 spiro atoms. The number of hydrogen-bond donors (Lipinski definition) is 1. The second-order valence-electron chi connectivity index (χ2n) is 5.18. The van der Waals surface area contributed by atoms with E-state index in [-0.39, 0.29) is 0 Å². The number of rotatable bonds is 12. The molecule has 0 aliphatic rings. The Morgan fingerprint density at radius 3 is 2.65 bits per heavy atom. The molecule has 0 rings (SSSR count). The van der Waals surface area contributed by atoms with Gasteiger partial charge < -0.3 is 5.32 Å². The third-order valence-corrected chi connectivity index (χ3v) is 3.41. The van der Waals surface area contributed by atoms with Crippen molar-refractivity contribution in [3.05, 3.63) is 48.6 Å². The van der Waals surface area contributed by atoms with Crippen molar-refractivity contribution in [2.45, 2.75) is 52.9 Å². The first-order valence-corrected chi connectivity index (χ1v) is 8.05. The van der Waals surface area contributed by atoms with Crippen LogP contribution in [0.25, 0.3) is 0 Å². The molecule has 0 radical (unpaired) electrons. The molecule has 0 aromatic carbocycles. The molecule has 0 aliphatic heterocycles. The van der Waals surface area contributed by atoms with Crippen LogP contribution in [0.5, 0.6) is 0 Å². The van der Waals surface area contributed by atoms with Crippen LogP contribution < -0.4 is 5.32 Å². The minimum Gasteiger partial charge on any atom is -0.313 e. The van der Waals surface area contributed by atoms with Crippen LogP contribution in [0.3, 0.4) is 0 Å². The van der Waals surface area contributed by atoms with Crippen LogP contribution >= 0.6 is 0 Å². The van der Waals surface area contributed by atoms with Gasteiger partial charge in [0.15, 0.2) is 0 Å². The molecule has 114 valence electrons. The maximum Gasteiger partial charge on any atom is 0.0134 e. The summed E-state index contributed by atoms with van der Waals surface area (Å²) in [6.07, 6.45) is 19.1. The van der Waals surface area contributed by atoms with Crippen molar-refractivity contribution in [1.29, 1.82) is 0 Å². The Morgan fingerprint density at radius 2 is 2.00 bits per heavy atom. The minimum atomic E-state index is 0.646. The van der Waals surface area contributed by atoms with E-state index >= 15 is 0 Å². The highest BCUT2D eigenvalue weighted by molar-refractivity contribution is 5.20. The second-order valence-corrected chi connectivity index (χ2v) is 5.18. The largest absolute Gasteiger partial charge is 0.313 e. The van der Waals surface area contributed by atoms with Gasteiger partial charge in [-0.3, -0.25) is 0 Å². The molecule has 0 saturated heterocycles. The Balaban J connectivity index is 3.71. The van der Waals surface area contributed by atoms with Gasteiger partial charge in [0.2, 0.25) is 0 Å². The van der Waals surface area contributed by atoms with Gasteiger partial charge in [-0.05, 0) is 57.1 Å². The third-order valence-electron chi connectivity index (χ3n) is 3.41. The molecule has 0 heterocycles. The van der Waals surface area contributed by atoms with Gasteiger partial charge in [-0.15, -0.1) is 6.58 Å². The summed E-state index contributed by atoms with van der Waals surface area (Å²) < 4.78 is 0. The van der Waals surface area contributed by atoms with E-state index in [1.807, 2.05) is 6.08 Å². The van der Waals surface area contributed by atoms with Crippen molar-refractivity contribution in [2.75, 3.05) is 13.1 Å². The average Bonchev–Trinajstić information content (AvgIpc) is 2.46. The molecule has 0 fully saturated rings. The van der Waals surface area contributed by atoms with Crippen LogP contribution in [0.1, 0.15) is 52.9 Å². The molecule has 0 amide bonds. The smallest absolute Gasteiger partial charge is 0.0134 e. The van der Waals surface area contributed by atoms with Crippen molar-refractivity contribution < 1.29 is 0 Å². The zero-order valence-electron chi connectivity index (χ0n) is 13.7. The highest BCUT2D eigenvalue weighted by atomic mass is 14.8. The Bertz CT molecular complexity index is 310. The van der Waals surface area contributed by atoms with E-state index in [4.69, 9.17) is 0 Å². The molecule has 0 bridgehead atoms. The lowest BCUT2D eigenvalue weighted by Gasteiger charge is -2.11. The first kappa shape index (κ1) is 18.9. The molecule has 20 heavy (non-hydrogen) atoms. The van der Waals surface area contributed by atoms with Crippen molar-refractivity contribution in [3.8, 4) is 0 Å². The molecule has 0 aromatic rings. The third kappa shape index (κ3) is 10.8. The SMILES string of the molecule is C=CCCCNC/C=C\CCC(C)C(/C=C\CC)=C/C. The van der Waals surface area contributed by atoms with E-state index in [1.165, 1.54) is 18.4 Å². The summed E-state index contributed by atoms with van der Waals surface area (Å²) in [5.74, 6) is 0.646. The summed E-state index contributed by atoms with van der Waals surface area (Å²) >= 11 is 0. The van der Waals surface area contributed by atoms with E-state index < -0.39 is 0 Å². The van der Waals surface area contributed by atoms with Crippen LogP contribution in [-0.2, 0) is 0 Å².